The van der Waals surface area contributed by atoms with E-state index in [0.717, 1.165) is 30.9 Å². The summed E-state index contributed by atoms with van der Waals surface area (Å²) in [6.45, 7) is 7.50. The lowest BCUT2D eigenvalue weighted by Crippen LogP contribution is -2.25. The van der Waals surface area contributed by atoms with Crippen LogP contribution in [0.25, 0.3) is 0 Å². The third-order valence-corrected chi connectivity index (χ3v) is 4.35. The van der Waals surface area contributed by atoms with E-state index in [1.165, 1.54) is 19.3 Å². The van der Waals surface area contributed by atoms with Crippen molar-refractivity contribution in [3.63, 3.8) is 0 Å². The van der Waals surface area contributed by atoms with E-state index in [-0.39, 0.29) is 0 Å². The molecule has 0 amide bonds. The Labute approximate surface area is 126 Å². The molecule has 0 aliphatic carbocycles. The van der Waals surface area contributed by atoms with Crippen LogP contribution in [0.1, 0.15) is 49.0 Å². The molecule has 1 aromatic rings. The number of carboxylic acid groups (broad SMARTS) is 1. The number of hydrogen-bond donors (Lipinski definition) is 1. The highest BCUT2D eigenvalue weighted by Crippen LogP contribution is 2.31. The standard InChI is InChI=1S/C17H25NO3/c1-17(2)7-4-9-18(10-8-17)12-14-11-13(16(19)20)5-6-15(14)21-3/h5-6,11H,4,7-10,12H2,1-3H3,(H,19,20). The number of carbonyl (C=O) groups is 1. The minimum absolute atomic E-state index is 0.320. The molecule has 1 fully saturated rings. The van der Waals surface area contributed by atoms with Crippen LogP contribution in [0, 0.1) is 5.41 Å². The fraction of sp³-hybridized carbons (Fsp3) is 0.588. The number of nitrogens with zero attached hydrogens (tertiary/aromatic N) is 1. The first kappa shape index (κ1) is 15.8. The van der Waals surface area contributed by atoms with Crippen molar-refractivity contribution in [2.45, 2.75) is 39.7 Å². The molecule has 2 rings (SSSR count). The van der Waals surface area contributed by atoms with Gasteiger partial charge in [-0.2, -0.15) is 0 Å². The van der Waals surface area contributed by atoms with Crippen LogP contribution in [0.3, 0.4) is 0 Å². The number of aromatic carboxylic acids is 1. The van der Waals surface area contributed by atoms with Crippen molar-refractivity contribution in [1.29, 1.82) is 0 Å². The Morgan fingerprint density at radius 3 is 2.76 bits per heavy atom. The molecule has 1 aliphatic heterocycles. The van der Waals surface area contributed by atoms with Gasteiger partial charge in [0.15, 0.2) is 0 Å². The summed E-state index contributed by atoms with van der Waals surface area (Å²) in [5.41, 5.74) is 1.68. The van der Waals surface area contributed by atoms with Crippen molar-refractivity contribution in [2.24, 2.45) is 5.41 Å². The average Bonchev–Trinajstić information content (AvgIpc) is 2.60. The van der Waals surface area contributed by atoms with Crippen LogP contribution in [0.15, 0.2) is 18.2 Å². The molecule has 4 nitrogen and oxygen atoms in total. The van der Waals surface area contributed by atoms with Gasteiger partial charge in [-0.05, 0) is 56.0 Å². The van der Waals surface area contributed by atoms with Gasteiger partial charge in [0.2, 0.25) is 0 Å². The molecule has 21 heavy (non-hydrogen) atoms. The molecule has 0 radical (unpaired) electrons. The predicted molar refractivity (Wildman–Crippen MR) is 82.9 cm³/mol. The maximum absolute atomic E-state index is 11.1. The minimum Gasteiger partial charge on any atom is -0.496 e. The zero-order valence-corrected chi connectivity index (χ0v) is 13.2. The maximum atomic E-state index is 11.1. The summed E-state index contributed by atoms with van der Waals surface area (Å²) >= 11 is 0. The van der Waals surface area contributed by atoms with Gasteiger partial charge in [-0.25, -0.2) is 4.79 Å². The highest BCUT2D eigenvalue weighted by molar-refractivity contribution is 5.88. The quantitative estimate of drug-likeness (QED) is 0.923. The van der Waals surface area contributed by atoms with E-state index in [4.69, 9.17) is 9.84 Å². The Kier molecular flexibility index (Phi) is 4.88. The van der Waals surface area contributed by atoms with Crippen LogP contribution in [0.4, 0.5) is 0 Å². The average molecular weight is 291 g/mol. The lowest BCUT2D eigenvalue weighted by atomic mass is 9.85. The van der Waals surface area contributed by atoms with Crippen molar-refractivity contribution >= 4 is 5.97 Å². The minimum atomic E-state index is -0.893. The fourth-order valence-electron chi connectivity index (χ4n) is 2.91. The van der Waals surface area contributed by atoms with Crippen LogP contribution in [-0.2, 0) is 6.54 Å². The number of likely N-dealkylation sites (tertiary alicyclic amines) is 1. The number of hydrogen-bond acceptors (Lipinski definition) is 3. The van der Waals surface area contributed by atoms with Gasteiger partial charge in [-0.1, -0.05) is 13.8 Å². The summed E-state index contributed by atoms with van der Waals surface area (Å²) in [5, 5.41) is 9.14. The van der Waals surface area contributed by atoms with Gasteiger partial charge < -0.3 is 9.84 Å². The third kappa shape index (κ3) is 4.21. The van der Waals surface area contributed by atoms with Crippen molar-refractivity contribution in [1.82, 2.24) is 4.90 Å². The first-order valence-electron chi connectivity index (χ1n) is 7.54. The van der Waals surface area contributed by atoms with Gasteiger partial charge in [-0.15, -0.1) is 0 Å². The second kappa shape index (κ2) is 6.48. The highest BCUT2D eigenvalue weighted by atomic mass is 16.5. The molecule has 1 aromatic carbocycles. The molecule has 0 unspecified atom stereocenters. The molecule has 0 atom stereocenters. The second-order valence-corrected chi connectivity index (χ2v) is 6.63. The second-order valence-electron chi connectivity index (χ2n) is 6.63. The van der Waals surface area contributed by atoms with Crippen LogP contribution in [0.2, 0.25) is 0 Å². The molecule has 4 heteroatoms. The number of methoxy groups -OCH3 is 1. The summed E-state index contributed by atoms with van der Waals surface area (Å²) in [6, 6.07) is 5.08. The first-order valence-corrected chi connectivity index (χ1v) is 7.54. The number of rotatable bonds is 4. The molecular formula is C17H25NO3. The zero-order valence-electron chi connectivity index (χ0n) is 13.2. The number of carboxylic acids is 1. The van der Waals surface area contributed by atoms with E-state index in [2.05, 4.69) is 18.7 Å². The molecule has 116 valence electrons. The van der Waals surface area contributed by atoms with Crippen molar-refractivity contribution in [2.75, 3.05) is 20.2 Å². The van der Waals surface area contributed by atoms with Gasteiger partial charge in [-0.3, -0.25) is 4.90 Å². The predicted octanol–water partition coefficient (Wildman–Crippen LogP) is 3.41. The van der Waals surface area contributed by atoms with Crippen LogP contribution in [-0.4, -0.2) is 36.2 Å². The topological polar surface area (TPSA) is 49.8 Å². The Morgan fingerprint density at radius 1 is 1.33 bits per heavy atom. The van der Waals surface area contributed by atoms with Crippen molar-refractivity contribution < 1.29 is 14.6 Å². The Bertz CT molecular complexity index is 511. The van der Waals surface area contributed by atoms with Crippen LogP contribution in [0.5, 0.6) is 5.75 Å². The fourth-order valence-corrected chi connectivity index (χ4v) is 2.91. The molecular weight excluding hydrogens is 266 g/mol. The van der Waals surface area contributed by atoms with Gasteiger partial charge in [0.25, 0.3) is 0 Å². The van der Waals surface area contributed by atoms with E-state index in [9.17, 15) is 4.79 Å². The van der Waals surface area contributed by atoms with Gasteiger partial charge in [0.1, 0.15) is 5.75 Å². The Hall–Kier alpha value is -1.55. The van der Waals surface area contributed by atoms with Gasteiger partial charge in [0.05, 0.1) is 12.7 Å². The van der Waals surface area contributed by atoms with Gasteiger partial charge >= 0.3 is 5.97 Å². The summed E-state index contributed by atoms with van der Waals surface area (Å²) in [6.07, 6.45) is 3.61. The Balaban J connectivity index is 2.14. The third-order valence-electron chi connectivity index (χ3n) is 4.35. The molecule has 0 bridgehead atoms. The summed E-state index contributed by atoms with van der Waals surface area (Å²) in [5.74, 6) is -0.126. The monoisotopic (exact) mass is 291 g/mol. The smallest absolute Gasteiger partial charge is 0.335 e. The molecule has 1 N–H and O–H groups in total. The van der Waals surface area contributed by atoms with Crippen LogP contribution >= 0.6 is 0 Å². The highest BCUT2D eigenvalue weighted by Gasteiger charge is 2.23. The summed E-state index contributed by atoms with van der Waals surface area (Å²) in [7, 11) is 1.63. The van der Waals surface area contributed by atoms with E-state index in [1.807, 2.05) is 0 Å². The molecule has 1 aliphatic rings. The molecule has 0 saturated carbocycles. The number of benzene rings is 1. The largest absolute Gasteiger partial charge is 0.496 e. The first-order chi connectivity index (χ1) is 9.91. The van der Waals surface area contributed by atoms with Crippen molar-refractivity contribution in [3.05, 3.63) is 29.3 Å². The Morgan fingerprint density at radius 2 is 2.10 bits per heavy atom. The summed E-state index contributed by atoms with van der Waals surface area (Å²) < 4.78 is 5.37. The molecule has 0 spiro atoms. The number of ether oxygens (including phenoxy) is 1. The maximum Gasteiger partial charge on any atom is 0.335 e. The SMILES string of the molecule is COc1ccc(C(=O)O)cc1CN1CCCC(C)(C)CC1. The van der Waals surface area contributed by atoms with Gasteiger partial charge in [0, 0.05) is 12.1 Å². The zero-order chi connectivity index (χ0) is 15.5. The van der Waals surface area contributed by atoms with E-state index in [1.54, 1.807) is 25.3 Å². The van der Waals surface area contributed by atoms with Crippen molar-refractivity contribution in [3.8, 4) is 5.75 Å². The summed E-state index contributed by atoms with van der Waals surface area (Å²) in [4.78, 5) is 13.5. The van der Waals surface area contributed by atoms with E-state index in [0.29, 0.717) is 11.0 Å². The van der Waals surface area contributed by atoms with Crippen LogP contribution < -0.4 is 4.74 Å². The lowest BCUT2D eigenvalue weighted by Gasteiger charge is -2.24. The molecule has 1 saturated heterocycles. The normalized spacial score (nSPS) is 19.0. The lowest BCUT2D eigenvalue weighted by molar-refractivity contribution is 0.0696. The molecule has 0 aromatic heterocycles. The van der Waals surface area contributed by atoms with E-state index < -0.39 is 5.97 Å². The molecule has 1 heterocycles. The van der Waals surface area contributed by atoms with E-state index >= 15 is 0 Å².